The number of aromatic nitrogens is 1. The normalized spacial score (nSPS) is 22.2. The molecule has 1 aromatic rings. The first kappa shape index (κ1) is 13.8. The smallest absolute Gasteiger partial charge is 0.227 e. The first-order valence-corrected chi connectivity index (χ1v) is 6.27. The van der Waals surface area contributed by atoms with Gasteiger partial charge in [0.1, 0.15) is 0 Å². The minimum absolute atomic E-state index is 0.0113. The number of ether oxygens (including phenoxy) is 2. The lowest BCUT2D eigenvalue weighted by Gasteiger charge is -2.16. The van der Waals surface area contributed by atoms with Crippen LogP contribution in [-0.4, -0.2) is 44.3 Å². The molecule has 0 aromatic carbocycles. The minimum Gasteiger partial charge on any atom is -0.481 e. The highest BCUT2D eigenvalue weighted by atomic mass is 16.5. The molecule has 2 rings (SSSR count). The van der Waals surface area contributed by atoms with Gasteiger partial charge in [-0.25, -0.2) is 4.98 Å². The molecule has 2 heterocycles. The molecule has 6 heteroatoms. The number of nitrogens with one attached hydrogen (secondary N) is 2. The van der Waals surface area contributed by atoms with Gasteiger partial charge in [0.25, 0.3) is 0 Å². The number of rotatable bonds is 5. The Morgan fingerprint density at radius 2 is 2.42 bits per heavy atom. The lowest BCUT2D eigenvalue weighted by Crippen LogP contribution is -2.42. The van der Waals surface area contributed by atoms with Gasteiger partial charge in [-0.15, -0.1) is 0 Å². The van der Waals surface area contributed by atoms with E-state index >= 15 is 0 Å². The van der Waals surface area contributed by atoms with Gasteiger partial charge in [-0.05, 0) is 13.1 Å². The highest BCUT2D eigenvalue weighted by Gasteiger charge is 2.32. The van der Waals surface area contributed by atoms with Gasteiger partial charge < -0.3 is 20.1 Å². The van der Waals surface area contributed by atoms with Crippen LogP contribution in [0.2, 0.25) is 0 Å². The molecule has 1 fully saturated rings. The van der Waals surface area contributed by atoms with Crippen LogP contribution in [-0.2, 0) is 16.1 Å². The molecule has 1 aliphatic heterocycles. The van der Waals surface area contributed by atoms with E-state index in [2.05, 4.69) is 15.6 Å². The van der Waals surface area contributed by atoms with Gasteiger partial charge in [0, 0.05) is 24.3 Å². The van der Waals surface area contributed by atoms with Crippen molar-refractivity contribution in [1.82, 2.24) is 15.6 Å². The fraction of sp³-hybridized carbons (Fsp3) is 0.538. The molecule has 6 nitrogen and oxygen atoms in total. The number of methoxy groups -OCH3 is 1. The van der Waals surface area contributed by atoms with Gasteiger partial charge in [-0.2, -0.15) is 0 Å². The molecule has 1 amide bonds. The molecule has 0 aliphatic carbocycles. The van der Waals surface area contributed by atoms with E-state index in [0.29, 0.717) is 25.6 Å². The molecule has 2 atom stereocenters. The number of likely N-dealkylation sites (N-methyl/N-ethyl adjacent to an activating group) is 1. The number of pyridine rings is 1. The molecule has 0 radical (unpaired) electrons. The van der Waals surface area contributed by atoms with Crippen molar-refractivity contribution in [2.75, 3.05) is 27.4 Å². The fourth-order valence-corrected chi connectivity index (χ4v) is 2.15. The maximum absolute atomic E-state index is 12.1. The van der Waals surface area contributed by atoms with Crippen LogP contribution in [0.25, 0.3) is 0 Å². The molecular formula is C13H19N3O3. The molecule has 1 aromatic heterocycles. The number of nitrogens with zero attached hydrogens (tertiary/aromatic N) is 1. The van der Waals surface area contributed by atoms with Crippen molar-refractivity contribution in [3.05, 3.63) is 23.9 Å². The SMILES string of the molecule is CNC1COCC1C(=O)NCc1cccnc1OC. The number of carbonyl (C=O) groups excluding carboxylic acids is 1. The lowest BCUT2D eigenvalue weighted by atomic mass is 10.0. The number of amides is 1. The zero-order valence-electron chi connectivity index (χ0n) is 11.2. The zero-order chi connectivity index (χ0) is 13.7. The molecular weight excluding hydrogens is 246 g/mol. The Kier molecular flexibility index (Phi) is 4.70. The molecule has 0 spiro atoms. The molecule has 2 unspecified atom stereocenters. The zero-order valence-corrected chi connectivity index (χ0v) is 11.2. The van der Waals surface area contributed by atoms with Gasteiger partial charge in [0.15, 0.2) is 0 Å². The summed E-state index contributed by atoms with van der Waals surface area (Å²) in [6.07, 6.45) is 1.66. The second kappa shape index (κ2) is 6.49. The van der Waals surface area contributed by atoms with Crippen molar-refractivity contribution in [1.29, 1.82) is 0 Å². The first-order valence-electron chi connectivity index (χ1n) is 6.27. The summed E-state index contributed by atoms with van der Waals surface area (Å²) in [7, 11) is 3.40. The summed E-state index contributed by atoms with van der Waals surface area (Å²) in [5.41, 5.74) is 0.860. The summed E-state index contributed by atoms with van der Waals surface area (Å²) in [5, 5.41) is 5.99. The predicted molar refractivity (Wildman–Crippen MR) is 69.8 cm³/mol. The maximum atomic E-state index is 12.1. The van der Waals surface area contributed by atoms with Gasteiger partial charge in [0.2, 0.25) is 11.8 Å². The van der Waals surface area contributed by atoms with Crippen molar-refractivity contribution in [2.24, 2.45) is 5.92 Å². The molecule has 19 heavy (non-hydrogen) atoms. The highest BCUT2D eigenvalue weighted by Crippen LogP contribution is 2.16. The lowest BCUT2D eigenvalue weighted by molar-refractivity contribution is -0.125. The average molecular weight is 265 g/mol. The first-order chi connectivity index (χ1) is 9.26. The molecule has 1 saturated heterocycles. The maximum Gasteiger partial charge on any atom is 0.227 e. The van der Waals surface area contributed by atoms with Gasteiger partial charge in [-0.1, -0.05) is 6.07 Å². The number of hydrogen-bond donors (Lipinski definition) is 2. The van der Waals surface area contributed by atoms with E-state index in [1.54, 1.807) is 13.3 Å². The van der Waals surface area contributed by atoms with E-state index in [9.17, 15) is 4.79 Å². The summed E-state index contributed by atoms with van der Waals surface area (Å²) in [4.78, 5) is 16.2. The molecule has 0 saturated carbocycles. The Morgan fingerprint density at radius 1 is 1.58 bits per heavy atom. The van der Waals surface area contributed by atoms with E-state index in [1.165, 1.54) is 0 Å². The summed E-state index contributed by atoms with van der Waals surface area (Å²) in [6.45, 7) is 1.44. The second-order valence-corrected chi connectivity index (χ2v) is 4.43. The standard InChI is InChI=1S/C13H19N3O3/c1-14-11-8-19-7-10(11)12(17)16-6-9-4-3-5-15-13(9)18-2/h3-5,10-11,14H,6-8H2,1-2H3,(H,16,17). The quantitative estimate of drug-likeness (QED) is 0.780. The van der Waals surface area contributed by atoms with Crippen LogP contribution in [0.4, 0.5) is 0 Å². The van der Waals surface area contributed by atoms with Crippen LogP contribution in [0.3, 0.4) is 0 Å². The van der Waals surface area contributed by atoms with Gasteiger partial charge in [-0.3, -0.25) is 4.79 Å². The highest BCUT2D eigenvalue weighted by molar-refractivity contribution is 5.79. The summed E-state index contributed by atoms with van der Waals surface area (Å²) in [6, 6.07) is 3.78. The third-order valence-corrected chi connectivity index (χ3v) is 3.28. The Balaban J connectivity index is 1.93. The van der Waals surface area contributed by atoms with Crippen LogP contribution in [0.15, 0.2) is 18.3 Å². The molecule has 0 bridgehead atoms. The predicted octanol–water partition coefficient (Wildman–Crippen LogP) is -0.0592. The van der Waals surface area contributed by atoms with E-state index in [-0.39, 0.29) is 17.9 Å². The average Bonchev–Trinajstić information content (AvgIpc) is 2.93. The Labute approximate surface area is 112 Å². The van der Waals surface area contributed by atoms with E-state index < -0.39 is 0 Å². The minimum atomic E-state index is -0.146. The van der Waals surface area contributed by atoms with Crippen molar-refractivity contribution in [2.45, 2.75) is 12.6 Å². The van der Waals surface area contributed by atoms with Gasteiger partial charge >= 0.3 is 0 Å². The molecule has 104 valence electrons. The Hall–Kier alpha value is -1.66. The third-order valence-electron chi connectivity index (χ3n) is 3.28. The van der Waals surface area contributed by atoms with Crippen molar-refractivity contribution in [3.63, 3.8) is 0 Å². The molecule has 2 N–H and O–H groups in total. The largest absolute Gasteiger partial charge is 0.481 e. The second-order valence-electron chi connectivity index (χ2n) is 4.43. The monoisotopic (exact) mass is 265 g/mol. The van der Waals surface area contributed by atoms with Crippen molar-refractivity contribution < 1.29 is 14.3 Å². The van der Waals surface area contributed by atoms with Crippen LogP contribution in [0, 0.1) is 5.92 Å². The molecule has 1 aliphatic rings. The van der Waals surface area contributed by atoms with Crippen LogP contribution < -0.4 is 15.4 Å². The fourth-order valence-electron chi connectivity index (χ4n) is 2.15. The van der Waals surface area contributed by atoms with Crippen LogP contribution in [0.5, 0.6) is 5.88 Å². The third kappa shape index (κ3) is 3.21. The van der Waals surface area contributed by atoms with E-state index in [4.69, 9.17) is 9.47 Å². The van der Waals surface area contributed by atoms with Crippen molar-refractivity contribution in [3.8, 4) is 5.88 Å². The van der Waals surface area contributed by atoms with Crippen molar-refractivity contribution >= 4 is 5.91 Å². The van der Waals surface area contributed by atoms with E-state index in [1.807, 2.05) is 19.2 Å². The Bertz CT molecular complexity index is 439. The number of hydrogen-bond acceptors (Lipinski definition) is 5. The van der Waals surface area contributed by atoms with Gasteiger partial charge in [0.05, 0.1) is 26.2 Å². The topological polar surface area (TPSA) is 72.5 Å². The van der Waals surface area contributed by atoms with Crippen LogP contribution in [0.1, 0.15) is 5.56 Å². The summed E-state index contributed by atoms with van der Waals surface area (Å²) in [5.74, 6) is 0.381. The van der Waals surface area contributed by atoms with Crippen LogP contribution >= 0.6 is 0 Å². The summed E-state index contributed by atoms with van der Waals surface area (Å²) >= 11 is 0. The van der Waals surface area contributed by atoms with E-state index in [0.717, 1.165) is 5.56 Å². The Morgan fingerprint density at radius 3 is 3.16 bits per heavy atom. The number of carbonyl (C=O) groups is 1. The summed E-state index contributed by atoms with van der Waals surface area (Å²) < 4.78 is 10.5.